The predicted octanol–water partition coefficient (Wildman–Crippen LogP) is 2.88. The van der Waals surface area contributed by atoms with E-state index in [-0.39, 0.29) is 5.50 Å². The molecule has 0 fully saturated rings. The quantitative estimate of drug-likeness (QED) is 0.268. The molecule has 3 heterocycles. The molecule has 166 valence electrons. The average molecular weight is 452 g/mol. The van der Waals surface area contributed by atoms with Crippen LogP contribution in [0.4, 0.5) is 5.69 Å². The molecule has 0 saturated carbocycles. The first-order chi connectivity index (χ1) is 15.6. The molecule has 0 radical (unpaired) electrons. The smallest absolute Gasteiger partial charge is 0.132 e. The third-order valence-corrected chi connectivity index (χ3v) is 5.53. The number of rotatable bonds is 9. The molecule has 0 aliphatic carbocycles. The molecule has 4 aromatic rings. The fourth-order valence-corrected chi connectivity index (χ4v) is 3.50. The highest BCUT2D eigenvalue weighted by molar-refractivity contribution is 6.22. The van der Waals surface area contributed by atoms with Gasteiger partial charge in [0.25, 0.3) is 0 Å². The summed E-state index contributed by atoms with van der Waals surface area (Å²) >= 11 is 6.42. The van der Waals surface area contributed by atoms with E-state index >= 15 is 0 Å². The van der Waals surface area contributed by atoms with E-state index in [1.165, 1.54) is 0 Å². The Labute approximate surface area is 191 Å². The van der Waals surface area contributed by atoms with Crippen LogP contribution < -0.4 is 16.0 Å². The van der Waals surface area contributed by atoms with E-state index < -0.39 is 0 Å². The number of halogens is 1. The lowest BCUT2D eigenvalue weighted by atomic mass is 10.2. The van der Waals surface area contributed by atoms with Crippen LogP contribution in [-0.4, -0.2) is 48.5 Å². The van der Waals surface area contributed by atoms with Crippen LogP contribution in [0.5, 0.6) is 0 Å². The van der Waals surface area contributed by atoms with Crippen molar-refractivity contribution in [1.29, 1.82) is 0 Å². The first-order valence-corrected chi connectivity index (χ1v) is 10.6. The van der Waals surface area contributed by atoms with E-state index in [1.807, 2.05) is 85.5 Å². The van der Waals surface area contributed by atoms with Gasteiger partial charge in [-0.15, -0.1) is 0 Å². The zero-order valence-corrected chi connectivity index (χ0v) is 19.0. The number of hydrogen-bond acceptors (Lipinski definition) is 6. The van der Waals surface area contributed by atoms with Crippen molar-refractivity contribution < 1.29 is 0 Å². The monoisotopic (exact) mass is 451 g/mol. The van der Waals surface area contributed by atoms with Crippen LogP contribution >= 0.6 is 11.6 Å². The Balaban J connectivity index is 1.60. The van der Waals surface area contributed by atoms with E-state index in [0.717, 1.165) is 34.2 Å². The Morgan fingerprint density at radius 3 is 2.62 bits per heavy atom. The number of benzene rings is 1. The lowest BCUT2D eigenvalue weighted by Gasteiger charge is -2.15. The van der Waals surface area contributed by atoms with Crippen LogP contribution in [0.3, 0.4) is 0 Å². The SMILES string of the molecule is CN/C(=C\n1c(-c2cnn(C)c2)cnc1CNc1ccc(-n2ccnc2)cc1)C(Cl)NC. The molecule has 0 bridgehead atoms. The van der Waals surface area contributed by atoms with Gasteiger partial charge in [-0.1, -0.05) is 11.6 Å². The second-order valence-electron chi connectivity index (χ2n) is 7.19. The molecule has 1 atom stereocenters. The van der Waals surface area contributed by atoms with E-state index in [0.29, 0.717) is 6.54 Å². The number of aromatic nitrogens is 6. The maximum absolute atomic E-state index is 6.42. The summed E-state index contributed by atoms with van der Waals surface area (Å²) in [7, 11) is 5.55. The van der Waals surface area contributed by atoms with Gasteiger partial charge >= 0.3 is 0 Å². The zero-order valence-electron chi connectivity index (χ0n) is 18.2. The Morgan fingerprint density at radius 2 is 2.00 bits per heavy atom. The molecule has 0 spiro atoms. The van der Waals surface area contributed by atoms with Gasteiger partial charge < -0.3 is 15.2 Å². The first-order valence-electron chi connectivity index (χ1n) is 10.2. The van der Waals surface area contributed by atoms with Gasteiger partial charge in [-0.3, -0.25) is 14.6 Å². The summed E-state index contributed by atoms with van der Waals surface area (Å²) in [6.07, 6.45) is 13.1. The minimum Gasteiger partial charge on any atom is -0.388 e. The summed E-state index contributed by atoms with van der Waals surface area (Å²) < 4.78 is 5.76. The van der Waals surface area contributed by atoms with Crippen molar-refractivity contribution in [3.63, 3.8) is 0 Å². The normalized spacial score (nSPS) is 12.7. The molecule has 1 unspecified atom stereocenters. The van der Waals surface area contributed by atoms with Gasteiger partial charge in [0.1, 0.15) is 11.3 Å². The maximum atomic E-state index is 6.42. The molecule has 10 heteroatoms. The largest absolute Gasteiger partial charge is 0.388 e. The number of nitrogens with one attached hydrogen (secondary N) is 3. The Kier molecular flexibility index (Phi) is 6.58. The van der Waals surface area contributed by atoms with Gasteiger partial charge in [0.05, 0.1) is 36.7 Å². The van der Waals surface area contributed by atoms with Crippen molar-refractivity contribution in [1.82, 2.24) is 39.5 Å². The predicted molar refractivity (Wildman–Crippen MR) is 127 cm³/mol. The highest BCUT2D eigenvalue weighted by Gasteiger charge is 2.15. The molecule has 3 aromatic heterocycles. The number of anilines is 1. The van der Waals surface area contributed by atoms with Crippen LogP contribution in [0.2, 0.25) is 0 Å². The maximum Gasteiger partial charge on any atom is 0.132 e. The second-order valence-corrected chi connectivity index (χ2v) is 7.62. The topological polar surface area (TPSA) is 89.5 Å². The van der Waals surface area contributed by atoms with Crippen molar-refractivity contribution in [2.75, 3.05) is 19.4 Å². The van der Waals surface area contributed by atoms with Crippen molar-refractivity contribution in [2.24, 2.45) is 7.05 Å². The fraction of sp³-hybridized carbons (Fsp3) is 0.227. The number of aryl methyl sites for hydroxylation is 1. The van der Waals surface area contributed by atoms with Crippen LogP contribution in [0.1, 0.15) is 5.82 Å². The van der Waals surface area contributed by atoms with Crippen LogP contribution in [0, 0.1) is 0 Å². The summed E-state index contributed by atoms with van der Waals surface area (Å²) in [5.74, 6) is 0.843. The van der Waals surface area contributed by atoms with Gasteiger partial charge in [-0.2, -0.15) is 5.10 Å². The summed E-state index contributed by atoms with van der Waals surface area (Å²) in [5.41, 5.74) is 4.41. The molecular weight excluding hydrogens is 426 g/mol. The lowest BCUT2D eigenvalue weighted by Crippen LogP contribution is -2.28. The number of nitrogens with zero attached hydrogens (tertiary/aromatic N) is 6. The lowest BCUT2D eigenvalue weighted by molar-refractivity contribution is 0.755. The minimum atomic E-state index is -0.360. The fourth-order valence-electron chi connectivity index (χ4n) is 3.34. The van der Waals surface area contributed by atoms with E-state index in [4.69, 9.17) is 11.6 Å². The number of likely N-dealkylation sites (N-methyl/N-ethyl adjacent to an activating group) is 2. The Bertz CT molecular complexity index is 1170. The molecule has 3 N–H and O–H groups in total. The summed E-state index contributed by atoms with van der Waals surface area (Å²) in [6, 6.07) is 8.16. The molecular formula is C22H26ClN9. The summed E-state index contributed by atoms with van der Waals surface area (Å²) in [6.45, 7) is 0.532. The molecule has 0 aliphatic heterocycles. The molecule has 4 rings (SSSR count). The van der Waals surface area contributed by atoms with Crippen molar-refractivity contribution >= 4 is 23.5 Å². The van der Waals surface area contributed by atoms with E-state index in [1.54, 1.807) is 17.2 Å². The third-order valence-electron chi connectivity index (χ3n) is 5.08. The van der Waals surface area contributed by atoms with Gasteiger partial charge in [-0.05, 0) is 31.3 Å². The van der Waals surface area contributed by atoms with Crippen LogP contribution in [0.25, 0.3) is 23.1 Å². The second kappa shape index (κ2) is 9.71. The van der Waals surface area contributed by atoms with Gasteiger partial charge in [0, 0.05) is 55.8 Å². The minimum absolute atomic E-state index is 0.360. The van der Waals surface area contributed by atoms with E-state index in [2.05, 4.69) is 31.0 Å². The van der Waals surface area contributed by atoms with Crippen molar-refractivity contribution in [2.45, 2.75) is 12.0 Å². The number of alkyl halides is 1. The Hall–Kier alpha value is -3.56. The third kappa shape index (κ3) is 4.68. The van der Waals surface area contributed by atoms with Gasteiger partial charge in [0.15, 0.2) is 0 Å². The van der Waals surface area contributed by atoms with Crippen molar-refractivity contribution in [3.05, 3.63) is 73.1 Å². The molecule has 0 aliphatic rings. The first kappa shape index (κ1) is 21.7. The van der Waals surface area contributed by atoms with Gasteiger partial charge in [-0.25, -0.2) is 9.97 Å². The van der Waals surface area contributed by atoms with Gasteiger partial charge in [0.2, 0.25) is 0 Å². The molecule has 9 nitrogen and oxygen atoms in total. The standard InChI is InChI=1S/C22H26ClN9/c1-24-19(22(23)25-2)14-32-20(16-10-29-30(3)13-16)11-28-21(32)12-27-17-4-6-18(7-5-17)31-9-8-26-15-31/h4-11,13-15,22,24-25,27H,12H2,1-3H3/b19-14-. The molecule has 0 amide bonds. The molecule has 1 aromatic carbocycles. The van der Waals surface area contributed by atoms with Crippen molar-refractivity contribution in [3.8, 4) is 16.9 Å². The Morgan fingerprint density at radius 1 is 1.19 bits per heavy atom. The number of imidazole rings is 2. The van der Waals surface area contributed by atoms with Crippen LogP contribution in [0.15, 0.2) is 67.3 Å². The van der Waals surface area contributed by atoms with Crippen LogP contribution in [-0.2, 0) is 13.6 Å². The summed E-state index contributed by atoms with van der Waals surface area (Å²) in [5, 5.41) is 14.0. The highest BCUT2D eigenvalue weighted by Crippen LogP contribution is 2.23. The molecule has 0 saturated heterocycles. The average Bonchev–Trinajstić information content (AvgIpc) is 3.57. The molecule has 32 heavy (non-hydrogen) atoms. The zero-order chi connectivity index (χ0) is 22.5. The van der Waals surface area contributed by atoms with E-state index in [9.17, 15) is 0 Å². The summed E-state index contributed by atoms with van der Waals surface area (Å²) in [4.78, 5) is 8.75. The highest BCUT2D eigenvalue weighted by atomic mass is 35.5. The number of hydrogen-bond donors (Lipinski definition) is 3.